The Labute approximate surface area is 88.0 Å². The van der Waals surface area contributed by atoms with Crippen LogP contribution in [0.15, 0.2) is 0 Å². The fourth-order valence-corrected chi connectivity index (χ4v) is 1.68. The molecule has 0 aliphatic carbocycles. The van der Waals surface area contributed by atoms with E-state index >= 15 is 0 Å². The molecular weight excluding hydrogens is 176 g/mol. The zero-order valence-corrected chi connectivity index (χ0v) is 9.84. The smallest absolute Gasteiger partial charge is 0.158 e. The Morgan fingerprint density at radius 2 is 2.00 bits per heavy atom. The SMILES string of the molecule is CCCCCC(CC)CC(=O)COC. The number of Topliss-reactive ketones (excluding diaryl/α,β-unsaturated/α-hetero) is 1. The Morgan fingerprint density at radius 3 is 2.50 bits per heavy atom. The molecule has 0 bridgehead atoms. The van der Waals surface area contributed by atoms with Crippen LogP contribution in [0.5, 0.6) is 0 Å². The van der Waals surface area contributed by atoms with Crippen LogP contribution in [0.4, 0.5) is 0 Å². The van der Waals surface area contributed by atoms with E-state index in [0.717, 1.165) is 6.42 Å². The lowest BCUT2D eigenvalue weighted by Gasteiger charge is -2.13. The van der Waals surface area contributed by atoms with Crippen LogP contribution < -0.4 is 0 Å². The van der Waals surface area contributed by atoms with E-state index in [1.165, 1.54) is 25.7 Å². The van der Waals surface area contributed by atoms with Gasteiger partial charge in [-0.2, -0.15) is 0 Å². The third-order valence-corrected chi connectivity index (χ3v) is 2.61. The molecule has 2 nitrogen and oxygen atoms in total. The van der Waals surface area contributed by atoms with E-state index < -0.39 is 0 Å². The van der Waals surface area contributed by atoms with Gasteiger partial charge in [-0.25, -0.2) is 0 Å². The molecule has 0 aromatic carbocycles. The molecule has 0 aliphatic heterocycles. The number of hydrogen-bond donors (Lipinski definition) is 0. The molecule has 0 aromatic heterocycles. The van der Waals surface area contributed by atoms with Crippen molar-refractivity contribution >= 4 is 5.78 Å². The predicted octanol–water partition coefficient (Wildman–Crippen LogP) is 3.20. The first-order valence-electron chi connectivity index (χ1n) is 5.75. The van der Waals surface area contributed by atoms with E-state index in [2.05, 4.69) is 13.8 Å². The van der Waals surface area contributed by atoms with Crippen LogP contribution in [-0.4, -0.2) is 19.5 Å². The molecule has 0 aliphatic rings. The predicted molar refractivity (Wildman–Crippen MR) is 59.4 cm³/mol. The lowest BCUT2D eigenvalue weighted by atomic mass is 9.93. The summed E-state index contributed by atoms with van der Waals surface area (Å²) in [6, 6.07) is 0. The van der Waals surface area contributed by atoms with Crippen LogP contribution in [0.3, 0.4) is 0 Å². The molecule has 1 atom stereocenters. The van der Waals surface area contributed by atoms with Crippen molar-refractivity contribution in [2.24, 2.45) is 5.92 Å². The van der Waals surface area contributed by atoms with Gasteiger partial charge in [-0.05, 0) is 5.92 Å². The van der Waals surface area contributed by atoms with E-state index in [0.29, 0.717) is 12.3 Å². The summed E-state index contributed by atoms with van der Waals surface area (Å²) in [5, 5.41) is 0. The maximum atomic E-state index is 11.3. The molecule has 0 spiro atoms. The monoisotopic (exact) mass is 200 g/mol. The fraction of sp³-hybridized carbons (Fsp3) is 0.917. The highest BCUT2D eigenvalue weighted by Crippen LogP contribution is 2.17. The first kappa shape index (κ1) is 13.6. The van der Waals surface area contributed by atoms with Gasteiger partial charge in [0, 0.05) is 13.5 Å². The van der Waals surface area contributed by atoms with Gasteiger partial charge in [0.15, 0.2) is 5.78 Å². The second-order valence-electron chi connectivity index (χ2n) is 3.95. The molecule has 0 saturated heterocycles. The summed E-state index contributed by atoms with van der Waals surface area (Å²) < 4.78 is 4.83. The zero-order chi connectivity index (χ0) is 10.8. The van der Waals surface area contributed by atoms with Crippen LogP contribution >= 0.6 is 0 Å². The number of carbonyl (C=O) groups is 1. The summed E-state index contributed by atoms with van der Waals surface area (Å²) in [6.45, 7) is 4.65. The van der Waals surface area contributed by atoms with E-state index in [9.17, 15) is 4.79 Å². The molecule has 0 fully saturated rings. The van der Waals surface area contributed by atoms with Crippen LogP contribution in [0.2, 0.25) is 0 Å². The van der Waals surface area contributed by atoms with E-state index in [-0.39, 0.29) is 12.4 Å². The molecular formula is C12H24O2. The highest BCUT2D eigenvalue weighted by Gasteiger charge is 2.11. The highest BCUT2D eigenvalue weighted by molar-refractivity contribution is 5.79. The molecule has 84 valence electrons. The lowest BCUT2D eigenvalue weighted by Crippen LogP contribution is -2.12. The van der Waals surface area contributed by atoms with Crippen LogP contribution in [0.25, 0.3) is 0 Å². The summed E-state index contributed by atoms with van der Waals surface area (Å²) in [6.07, 6.45) is 6.81. The Hall–Kier alpha value is -0.370. The number of ether oxygens (including phenoxy) is 1. The van der Waals surface area contributed by atoms with Gasteiger partial charge >= 0.3 is 0 Å². The molecule has 14 heavy (non-hydrogen) atoms. The summed E-state index contributed by atoms with van der Waals surface area (Å²) in [5.74, 6) is 0.819. The van der Waals surface area contributed by atoms with E-state index in [1.54, 1.807) is 7.11 Å². The molecule has 0 aromatic rings. The van der Waals surface area contributed by atoms with Crippen molar-refractivity contribution in [2.75, 3.05) is 13.7 Å². The van der Waals surface area contributed by atoms with Gasteiger partial charge in [-0.1, -0.05) is 46.0 Å². The average Bonchev–Trinajstić information content (AvgIpc) is 2.17. The normalized spacial score (nSPS) is 12.8. The minimum Gasteiger partial charge on any atom is -0.377 e. The Balaban J connectivity index is 3.61. The third-order valence-electron chi connectivity index (χ3n) is 2.61. The third kappa shape index (κ3) is 7.07. The van der Waals surface area contributed by atoms with Gasteiger partial charge in [0.1, 0.15) is 6.61 Å². The number of hydrogen-bond acceptors (Lipinski definition) is 2. The zero-order valence-electron chi connectivity index (χ0n) is 9.84. The molecule has 2 heteroatoms. The number of rotatable bonds is 9. The Bertz CT molecular complexity index is 143. The van der Waals surface area contributed by atoms with Gasteiger partial charge in [-0.3, -0.25) is 4.79 Å². The molecule has 0 saturated carbocycles. The number of ketones is 1. The van der Waals surface area contributed by atoms with Crippen LogP contribution in [0.1, 0.15) is 52.4 Å². The largest absolute Gasteiger partial charge is 0.377 e. The molecule has 1 unspecified atom stereocenters. The van der Waals surface area contributed by atoms with Crippen molar-refractivity contribution in [3.8, 4) is 0 Å². The van der Waals surface area contributed by atoms with Gasteiger partial charge in [-0.15, -0.1) is 0 Å². The van der Waals surface area contributed by atoms with Crippen molar-refractivity contribution < 1.29 is 9.53 Å². The maximum Gasteiger partial charge on any atom is 0.158 e. The quantitative estimate of drug-likeness (QED) is 0.534. The Kier molecular flexibility index (Phi) is 8.95. The Morgan fingerprint density at radius 1 is 1.29 bits per heavy atom. The standard InChI is InChI=1S/C12H24O2/c1-4-6-7-8-11(5-2)9-12(13)10-14-3/h11H,4-10H2,1-3H3. The molecule has 0 N–H and O–H groups in total. The second-order valence-corrected chi connectivity index (χ2v) is 3.95. The van der Waals surface area contributed by atoms with Gasteiger partial charge in [0.25, 0.3) is 0 Å². The van der Waals surface area contributed by atoms with Crippen molar-refractivity contribution in [3.05, 3.63) is 0 Å². The van der Waals surface area contributed by atoms with Gasteiger partial charge < -0.3 is 4.74 Å². The van der Waals surface area contributed by atoms with Crippen LogP contribution in [-0.2, 0) is 9.53 Å². The van der Waals surface area contributed by atoms with Crippen molar-refractivity contribution in [3.63, 3.8) is 0 Å². The molecule has 0 heterocycles. The molecule has 0 radical (unpaired) electrons. The minimum atomic E-state index is 0.246. The fourth-order valence-electron chi connectivity index (χ4n) is 1.68. The molecule has 0 amide bonds. The summed E-state index contributed by atoms with van der Waals surface area (Å²) in [5.41, 5.74) is 0. The maximum absolute atomic E-state index is 11.3. The highest BCUT2D eigenvalue weighted by atomic mass is 16.5. The first-order valence-corrected chi connectivity index (χ1v) is 5.75. The van der Waals surface area contributed by atoms with Crippen molar-refractivity contribution in [1.82, 2.24) is 0 Å². The van der Waals surface area contributed by atoms with Gasteiger partial charge in [0.05, 0.1) is 0 Å². The minimum absolute atomic E-state index is 0.246. The number of unbranched alkanes of at least 4 members (excludes halogenated alkanes) is 2. The summed E-state index contributed by atoms with van der Waals surface area (Å²) in [4.78, 5) is 11.3. The lowest BCUT2D eigenvalue weighted by molar-refractivity contribution is -0.123. The topological polar surface area (TPSA) is 26.3 Å². The van der Waals surface area contributed by atoms with Crippen molar-refractivity contribution in [1.29, 1.82) is 0 Å². The first-order chi connectivity index (χ1) is 6.74. The number of carbonyl (C=O) groups excluding carboxylic acids is 1. The van der Waals surface area contributed by atoms with E-state index in [1.807, 2.05) is 0 Å². The number of methoxy groups -OCH3 is 1. The summed E-state index contributed by atoms with van der Waals surface area (Å²) in [7, 11) is 1.58. The van der Waals surface area contributed by atoms with E-state index in [4.69, 9.17) is 4.74 Å². The second kappa shape index (κ2) is 9.20. The summed E-state index contributed by atoms with van der Waals surface area (Å²) >= 11 is 0. The van der Waals surface area contributed by atoms with Crippen molar-refractivity contribution in [2.45, 2.75) is 52.4 Å². The van der Waals surface area contributed by atoms with Gasteiger partial charge in [0.2, 0.25) is 0 Å². The average molecular weight is 200 g/mol. The van der Waals surface area contributed by atoms with Crippen LogP contribution in [0, 0.1) is 5.92 Å². The molecule has 0 rings (SSSR count).